The van der Waals surface area contributed by atoms with E-state index in [0.29, 0.717) is 12.8 Å². The van der Waals surface area contributed by atoms with Crippen molar-refractivity contribution in [1.82, 2.24) is 4.90 Å². The van der Waals surface area contributed by atoms with Crippen molar-refractivity contribution in [3.8, 4) is 0 Å². The number of likely N-dealkylation sites (N-methyl/N-ethyl adjacent to an activating group) is 1. The molecule has 3 aliphatic heterocycles. The number of hydrogen-bond acceptors (Lipinski definition) is 10. The van der Waals surface area contributed by atoms with Crippen LogP contribution in [0.5, 0.6) is 0 Å². The van der Waals surface area contributed by atoms with Crippen LogP contribution in [0, 0.1) is 29.6 Å². The molecule has 0 unspecified atom stereocenters. The molecule has 3 rings (SSSR count). The number of fused-ring (bicyclic) bond motifs is 5. The van der Waals surface area contributed by atoms with E-state index in [0.717, 1.165) is 17.7 Å². The third-order valence-corrected chi connectivity index (χ3v) is 11.2. The lowest BCUT2D eigenvalue weighted by Gasteiger charge is -2.49. The SMILES string of the molecule is C=C1CO[C@@H]2[C@@H](C)C(=NC)[C@H](C)C[C@@](C)(OC1)[C@H](O[C@@H]1O[C@H](C)C[C@H](N(C)C)[C@H]1OC)[C@@H](C)[C@H](C)[C@@H](C)C(=O)O[C@H](CC)[C@@]2(C)O. The van der Waals surface area contributed by atoms with Crippen molar-refractivity contribution < 1.29 is 38.3 Å². The van der Waals surface area contributed by atoms with Crippen molar-refractivity contribution in [3.63, 3.8) is 0 Å². The second kappa shape index (κ2) is 15.9. The lowest BCUT2D eigenvalue weighted by atomic mass is 9.71. The van der Waals surface area contributed by atoms with E-state index in [-0.39, 0.29) is 61.1 Å². The molecule has 0 saturated carbocycles. The Kier molecular flexibility index (Phi) is 13.5. The van der Waals surface area contributed by atoms with Crippen molar-refractivity contribution >= 4 is 11.7 Å². The summed E-state index contributed by atoms with van der Waals surface area (Å²) in [4.78, 5) is 20.8. The third-order valence-electron chi connectivity index (χ3n) is 11.2. The van der Waals surface area contributed by atoms with Crippen LogP contribution in [0.2, 0.25) is 0 Å². The van der Waals surface area contributed by atoms with Crippen molar-refractivity contribution in [1.29, 1.82) is 0 Å². The first-order valence-corrected chi connectivity index (χ1v) is 17.2. The molecule has 10 nitrogen and oxygen atoms in total. The molecule has 3 fully saturated rings. The number of methoxy groups -OCH3 is 1. The lowest BCUT2D eigenvalue weighted by molar-refractivity contribution is -0.304. The van der Waals surface area contributed by atoms with E-state index >= 15 is 0 Å². The summed E-state index contributed by atoms with van der Waals surface area (Å²) >= 11 is 0. The topological polar surface area (TPSA) is 108 Å². The van der Waals surface area contributed by atoms with Crippen molar-refractivity contribution in [2.24, 2.45) is 34.6 Å². The van der Waals surface area contributed by atoms with E-state index in [2.05, 4.69) is 60.2 Å². The summed E-state index contributed by atoms with van der Waals surface area (Å²) < 4.78 is 39.2. The fraction of sp³-hybridized carbons (Fsp3) is 0.889. The minimum atomic E-state index is -1.49. The van der Waals surface area contributed by atoms with Gasteiger partial charge < -0.3 is 38.4 Å². The number of carbonyl (C=O) groups is 1. The van der Waals surface area contributed by atoms with Gasteiger partial charge in [-0.15, -0.1) is 0 Å². The zero-order chi connectivity index (χ0) is 34.7. The molecule has 0 aromatic carbocycles. The number of aliphatic imine (C=N–C) groups is 1. The Morgan fingerprint density at radius 1 is 1.07 bits per heavy atom. The van der Waals surface area contributed by atoms with Crippen LogP contribution >= 0.6 is 0 Å². The fourth-order valence-corrected chi connectivity index (χ4v) is 8.19. The van der Waals surface area contributed by atoms with E-state index in [9.17, 15) is 9.90 Å². The van der Waals surface area contributed by atoms with Crippen LogP contribution in [0.15, 0.2) is 17.1 Å². The molecule has 3 aliphatic rings. The van der Waals surface area contributed by atoms with Crippen LogP contribution in [0.25, 0.3) is 0 Å². The summed E-state index contributed by atoms with van der Waals surface area (Å²) in [5, 5.41) is 12.1. The van der Waals surface area contributed by atoms with Crippen LogP contribution in [0.1, 0.15) is 81.6 Å². The molecule has 14 atom stereocenters. The highest BCUT2D eigenvalue weighted by Gasteiger charge is 2.52. The van der Waals surface area contributed by atoms with Crippen LogP contribution in [-0.2, 0) is 33.2 Å². The summed E-state index contributed by atoms with van der Waals surface area (Å²) in [6, 6.07) is 0.0893. The van der Waals surface area contributed by atoms with Gasteiger partial charge in [0, 0.05) is 31.8 Å². The van der Waals surface area contributed by atoms with Gasteiger partial charge in [-0.25, -0.2) is 0 Å². The van der Waals surface area contributed by atoms with Crippen LogP contribution in [-0.4, -0.2) is 117 Å². The van der Waals surface area contributed by atoms with E-state index in [4.69, 9.17) is 33.4 Å². The number of aliphatic hydroxyl groups is 1. The summed E-state index contributed by atoms with van der Waals surface area (Å²) in [5.41, 5.74) is -0.718. The molecule has 3 heterocycles. The number of ether oxygens (including phenoxy) is 6. The predicted octanol–water partition coefficient (Wildman–Crippen LogP) is 4.91. The summed E-state index contributed by atoms with van der Waals surface area (Å²) in [7, 11) is 7.59. The van der Waals surface area contributed by atoms with Gasteiger partial charge in [0.25, 0.3) is 0 Å². The Hall–Kier alpha value is -1.40. The highest BCUT2D eigenvalue weighted by atomic mass is 16.7. The maximum Gasteiger partial charge on any atom is 0.309 e. The molecule has 266 valence electrons. The average Bonchev–Trinajstić information content (AvgIpc) is 3.00. The standard InChI is InChI=1S/C36H64N2O8/c1-15-28-36(10,40)32-26(8)29(37-11)21(3)17-35(9,43-19-20(2)18-42-32)31(24(6)23(5)25(7)33(39)45-28)46-34-30(41-14)27(38(12)13)16-22(4)44-34/h21-28,30-32,34,40H,2,15-19H2,1,3-14H3/t21-,22-,23+,24+,25-,26+,27+,28-,30-,31-,32-,34+,35-,36-/m1/s1. The molecule has 0 aliphatic carbocycles. The van der Waals surface area contributed by atoms with Gasteiger partial charge in [0.1, 0.15) is 17.8 Å². The maximum atomic E-state index is 13.8. The van der Waals surface area contributed by atoms with Crippen molar-refractivity contribution in [2.45, 2.75) is 136 Å². The van der Waals surface area contributed by atoms with E-state index < -0.39 is 41.7 Å². The number of rotatable bonds is 5. The quantitative estimate of drug-likeness (QED) is 0.328. The van der Waals surface area contributed by atoms with Crippen molar-refractivity contribution in [2.75, 3.05) is 41.5 Å². The molecule has 0 aromatic heterocycles. The average molecular weight is 653 g/mol. The van der Waals surface area contributed by atoms with Crippen LogP contribution in [0.4, 0.5) is 0 Å². The second-order valence-electron chi connectivity index (χ2n) is 15.0. The summed E-state index contributed by atoms with van der Waals surface area (Å²) in [6.07, 6.45) is -1.25. The van der Waals surface area contributed by atoms with Gasteiger partial charge in [0.2, 0.25) is 0 Å². The van der Waals surface area contributed by atoms with Gasteiger partial charge in [-0.2, -0.15) is 0 Å². The Balaban J connectivity index is 2.24. The number of esters is 1. The molecule has 3 saturated heterocycles. The van der Waals surface area contributed by atoms with E-state index in [1.807, 2.05) is 20.8 Å². The van der Waals surface area contributed by atoms with Gasteiger partial charge in [-0.3, -0.25) is 9.79 Å². The molecular weight excluding hydrogens is 588 g/mol. The monoisotopic (exact) mass is 652 g/mol. The predicted molar refractivity (Wildman–Crippen MR) is 180 cm³/mol. The molecule has 1 N–H and O–H groups in total. The molecular formula is C36H64N2O8. The molecule has 10 heteroatoms. The summed E-state index contributed by atoms with van der Waals surface area (Å²) in [5.74, 6) is -1.56. The Morgan fingerprint density at radius 2 is 1.72 bits per heavy atom. The van der Waals surface area contributed by atoms with E-state index in [1.54, 1.807) is 21.1 Å². The Labute approximate surface area is 278 Å². The first kappa shape index (κ1) is 39.0. The number of carbonyl (C=O) groups excluding carboxylic acids is 1. The summed E-state index contributed by atoms with van der Waals surface area (Å²) in [6.45, 7) is 22.7. The highest BCUT2D eigenvalue weighted by molar-refractivity contribution is 5.89. The maximum absolute atomic E-state index is 13.8. The van der Waals surface area contributed by atoms with Crippen molar-refractivity contribution in [3.05, 3.63) is 12.2 Å². The van der Waals surface area contributed by atoms with Gasteiger partial charge in [0.05, 0.1) is 43.0 Å². The lowest BCUT2D eigenvalue weighted by Crippen LogP contribution is -2.60. The molecule has 2 bridgehead atoms. The Morgan fingerprint density at radius 3 is 2.28 bits per heavy atom. The minimum absolute atomic E-state index is 0.0450. The fourth-order valence-electron chi connectivity index (χ4n) is 8.19. The van der Waals surface area contributed by atoms with Gasteiger partial charge in [0.15, 0.2) is 6.29 Å². The minimum Gasteiger partial charge on any atom is -0.459 e. The van der Waals surface area contributed by atoms with Gasteiger partial charge in [-0.05, 0) is 77.5 Å². The van der Waals surface area contributed by atoms with Gasteiger partial charge in [-0.1, -0.05) is 48.1 Å². The highest BCUT2D eigenvalue weighted by Crippen LogP contribution is 2.42. The molecule has 0 spiro atoms. The molecule has 0 amide bonds. The third kappa shape index (κ3) is 8.24. The number of cyclic esters (lactones) is 1. The zero-order valence-electron chi connectivity index (χ0n) is 30.9. The van der Waals surface area contributed by atoms with Crippen LogP contribution < -0.4 is 0 Å². The van der Waals surface area contributed by atoms with Gasteiger partial charge >= 0.3 is 5.97 Å². The first-order valence-electron chi connectivity index (χ1n) is 17.2. The molecule has 46 heavy (non-hydrogen) atoms. The Bertz CT molecular complexity index is 1060. The largest absolute Gasteiger partial charge is 0.459 e. The zero-order valence-corrected chi connectivity index (χ0v) is 30.9. The molecule has 0 aromatic rings. The van der Waals surface area contributed by atoms with E-state index in [1.165, 1.54) is 0 Å². The molecule has 0 radical (unpaired) electrons. The smallest absolute Gasteiger partial charge is 0.309 e. The second-order valence-corrected chi connectivity index (χ2v) is 15.0. The van der Waals surface area contributed by atoms with Crippen LogP contribution in [0.3, 0.4) is 0 Å². The number of nitrogens with zero attached hydrogens (tertiary/aromatic N) is 2. The number of hydrogen-bond donors (Lipinski definition) is 1. The normalized spacial score (nSPS) is 46.4. The first-order chi connectivity index (χ1) is 21.4.